The van der Waals surface area contributed by atoms with Crippen molar-refractivity contribution in [2.75, 3.05) is 29.1 Å². The molecule has 0 saturated carbocycles. The molecular weight excluding hydrogens is 594 g/mol. The Labute approximate surface area is 252 Å². The van der Waals surface area contributed by atoms with Gasteiger partial charge in [0, 0.05) is 36.3 Å². The largest absolute Gasteiger partial charge is 0.465 e. The predicted molar refractivity (Wildman–Crippen MR) is 161 cm³/mol. The number of rotatable bonds is 9. The molecule has 226 valence electrons. The third kappa shape index (κ3) is 6.51. The van der Waals surface area contributed by atoms with Crippen molar-refractivity contribution in [1.82, 2.24) is 25.1 Å². The molecule has 5 rings (SSSR count). The number of hydrogen-bond acceptors (Lipinski definition) is 10. The number of benzene rings is 1. The van der Waals surface area contributed by atoms with E-state index in [2.05, 4.69) is 20.2 Å². The van der Waals surface area contributed by atoms with Gasteiger partial charge in [0.1, 0.15) is 16.5 Å². The van der Waals surface area contributed by atoms with Crippen molar-refractivity contribution in [1.29, 1.82) is 0 Å². The first-order valence-electron chi connectivity index (χ1n) is 13.5. The second kappa shape index (κ2) is 12.1. The number of amides is 2. The van der Waals surface area contributed by atoms with Crippen LogP contribution in [0.15, 0.2) is 52.3 Å². The molecule has 1 saturated heterocycles. The standard InChI is InChI=1S/C28H31N7O6S2/c1-17-16-42-25(29-17)22-11-8-12-34(22)26(36)21-14-20(15-23(30-21)33(3)43(4,39)40)24-31-32-27(41-24)35(28(37)38)18(2)13-19-9-6-5-7-10-19/h5-7,9-10,14-16,18,22H,8,11-13H2,1-4H3,(H,37,38)/t18?,22-/m1/s1. The van der Waals surface area contributed by atoms with Crippen LogP contribution < -0.4 is 9.21 Å². The summed E-state index contributed by atoms with van der Waals surface area (Å²) in [4.78, 5) is 37.7. The Hall–Kier alpha value is -4.37. The first-order valence-corrected chi connectivity index (χ1v) is 16.2. The monoisotopic (exact) mass is 625 g/mol. The molecule has 1 aromatic carbocycles. The molecule has 0 bridgehead atoms. The highest BCUT2D eigenvalue weighted by Crippen LogP contribution is 2.36. The van der Waals surface area contributed by atoms with Gasteiger partial charge in [-0.2, -0.15) is 0 Å². The van der Waals surface area contributed by atoms with Gasteiger partial charge in [0.2, 0.25) is 15.9 Å². The Bertz CT molecular complexity index is 1740. The number of thiazole rings is 1. The minimum absolute atomic E-state index is 0.0181. The minimum atomic E-state index is -3.74. The Balaban J connectivity index is 1.50. The molecule has 0 radical (unpaired) electrons. The highest BCUT2D eigenvalue weighted by Gasteiger charge is 2.34. The molecule has 2 amide bonds. The van der Waals surface area contributed by atoms with Crippen LogP contribution >= 0.6 is 11.3 Å². The number of carboxylic acid groups (broad SMARTS) is 1. The summed E-state index contributed by atoms with van der Waals surface area (Å²) in [5, 5.41) is 20.8. The molecule has 2 atom stereocenters. The van der Waals surface area contributed by atoms with E-state index in [0.29, 0.717) is 13.0 Å². The summed E-state index contributed by atoms with van der Waals surface area (Å²) in [6.45, 7) is 4.11. The van der Waals surface area contributed by atoms with Crippen molar-refractivity contribution >= 4 is 45.2 Å². The number of sulfonamides is 1. The maximum absolute atomic E-state index is 13.8. The number of carbonyl (C=O) groups is 2. The first-order chi connectivity index (χ1) is 20.4. The van der Waals surface area contributed by atoms with Gasteiger partial charge in [-0.15, -0.1) is 16.4 Å². The van der Waals surface area contributed by atoms with Gasteiger partial charge in [0.15, 0.2) is 0 Å². The van der Waals surface area contributed by atoms with Crippen molar-refractivity contribution in [2.45, 2.75) is 45.2 Å². The van der Waals surface area contributed by atoms with Crippen molar-refractivity contribution in [3.05, 3.63) is 69.8 Å². The summed E-state index contributed by atoms with van der Waals surface area (Å²) in [6.07, 6.45) is 1.67. The summed E-state index contributed by atoms with van der Waals surface area (Å²) in [5.41, 5.74) is 2.00. The van der Waals surface area contributed by atoms with Crippen LogP contribution in [0.3, 0.4) is 0 Å². The number of aromatic nitrogens is 4. The van der Waals surface area contributed by atoms with E-state index in [-0.39, 0.29) is 35.0 Å². The average molecular weight is 626 g/mol. The Morgan fingerprint density at radius 1 is 1.19 bits per heavy atom. The molecule has 1 aliphatic heterocycles. The van der Waals surface area contributed by atoms with Crippen molar-refractivity contribution in [3.8, 4) is 11.5 Å². The lowest BCUT2D eigenvalue weighted by atomic mass is 10.1. The van der Waals surface area contributed by atoms with E-state index in [9.17, 15) is 23.1 Å². The molecule has 4 aromatic rings. The van der Waals surface area contributed by atoms with Gasteiger partial charge in [-0.1, -0.05) is 35.4 Å². The fourth-order valence-electron chi connectivity index (χ4n) is 4.95. The highest BCUT2D eigenvalue weighted by molar-refractivity contribution is 7.92. The maximum atomic E-state index is 13.8. The number of anilines is 2. The van der Waals surface area contributed by atoms with E-state index in [1.54, 1.807) is 11.8 Å². The number of likely N-dealkylation sites (tertiary alicyclic amines) is 1. The first kappa shape index (κ1) is 30.1. The molecule has 1 fully saturated rings. The Morgan fingerprint density at radius 3 is 2.58 bits per heavy atom. The topological polar surface area (TPSA) is 163 Å². The number of aryl methyl sites for hydroxylation is 1. The predicted octanol–water partition coefficient (Wildman–Crippen LogP) is 4.39. The van der Waals surface area contributed by atoms with Crippen LogP contribution in [-0.2, 0) is 16.4 Å². The van der Waals surface area contributed by atoms with Gasteiger partial charge >= 0.3 is 12.1 Å². The molecule has 15 heteroatoms. The van der Waals surface area contributed by atoms with E-state index >= 15 is 0 Å². The molecule has 3 aromatic heterocycles. The van der Waals surface area contributed by atoms with Crippen molar-refractivity contribution in [2.24, 2.45) is 0 Å². The highest BCUT2D eigenvalue weighted by atomic mass is 32.2. The molecule has 0 aliphatic carbocycles. The van der Waals surface area contributed by atoms with E-state index < -0.39 is 28.1 Å². The molecule has 0 spiro atoms. The molecule has 13 nitrogen and oxygen atoms in total. The zero-order chi connectivity index (χ0) is 30.9. The molecule has 1 unspecified atom stereocenters. The Kier molecular flexibility index (Phi) is 8.46. The van der Waals surface area contributed by atoms with Crippen LogP contribution in [-0.4, -0.2) is 76.5 Å². The SMILES string of the molecule is Cc1csc([C@H]2CCCN2C(=O)c2cc(-c3nnc(N(C(=O)O)C(C)Cc4ccccc4)o3)cc(N(C)S(C)(=O)=O)n2)n1. The molecule has 43 heavy (non-hydrogen) atoms. The van der Waals surface area contributed by atoms with Crippen LogP contribution in [0, 0.1) is 6.92 Å². The Morgan fingerprint density at radius 2 is 1.93 bits per heavy atom. The summed E-state index contributed by atoms with van der Waals surface area (Å²) in [5.74, 6) is -0.526. The number of hydrogen-bond donors (Lipinski definition) is 1. The average Bonchev–Trinajstić information content (AvgIpc) is 3.73. The summed E-state index contributed by atoms with van der Waals surface area (Å²) < 4.78 is 31.6. The number of nitrogens with zero attached hydrogens (tertiary/aromatic N) is 7. The van der Waals surface area contributed by atoms with Gasteiger partial charge in [-0.25, -0.2) is 28.1 Å². The maximum Gasteiger partial charge on any atom is 0.415 e. The quantitative estimate of drug-likeness (QED) is 0.282. The van der Waals surface area contributed by atoms with Gasteiger partial charge in [0.05, 0.1) is 12.3 Å². The van der Waals surface area contributed by atoms with E-state index in [4.69, 9.17) is 4.42 Å². The van der Waals surface area contributed by atoms with Crippen molar-refractivity contribution in [3.63, 3.8) is 0 Å². The smallest absolute Gasteiger partial charge is 0.415 e. The second-order valence-electron chi connectivity index (χ2n) is 10.4. The fraction of sp³-hybridized carbons (Fsp3) is 0.357. The van der Waals surface area contributed by atoms with Crippen molar-refractivity contribution < 1.29 is 27.5 Å². The molecular formula is C28H31N7O6S2. The van der Waals surface area contributed by atoms with E-state index in [0.717, 1.165) is 44.6 Å². The molecule has 1 N–H and O–H groups in total. The van der Waals surface area contributed by atoms with Crippen LogP contribution in [0.25, 0.3) is 11.5 Å². The molecule has 1 aliphatic rings. The van der Waals surface area contributed by atoms with Gasteiger partial charge in [-0.05, 0) is 50.8 Å². The normalized spacial score (nSPS) is 15.8. The van der Waals surface area contributed by atoms with E-state index in [1.807, 2.05) is 42.6 Å². The van der Waals surface area contributed by atoms with Crippen LogP contribution in [0.1, 0.15) is 52.6 Å². The zero-order valence-electron chi connectivity index (χ0n) is 24.0. The van der Waals surface area contributed by atoms with Gasteiger partial charge < -0.3 is 14.4 Å². The third-order valence-electron chi connectivity index (χ3n) is 7.17. The van der Waals surface area contributed by atoms with Crippen LogP contribution in [0.4, 0.5) is 16.6 Å². The van der Waals surface area contributed by atoms with Gasteiger partial charge in [-0.3, -0.25) is 9.10 Å². The number of carbonyl (C=O) groups excluding carboxylic acids is 1. The lowest BCUT2D eigenvalue weighted by molar-refractivity contribution is 0.0729. The summed E-state index contributed by atoms with van der Waals surface area (Å²) >= 11 is 1.49. The van der Waals surface area contributed by atoms with Gasteiger partial charge in [0.25, 0.3) is 5.91 Å². The lowest BCUT2D eigenvalue weighted by Gasteiger charge is -2.24. The van der Waals surface area contributed by atoms with Crippen LogP contribution in [0.2, 0.25) is 0 Å². The fourth-order valence-corrected chi connectivity index (χ4v) is 6.33. The summed E-state index contributed by atoms with van der Waals surface area (Å²) in [7, 11) is -2.42. The van der Waals surface area contributed by atoms with Crippen LogP contribution in [0.5, 0.6) is 0 Å². The minimum Gasteiger partial charge on any atom is -0.465 e. The zero-order valence-corrected chi connectivity index (χ0v) is 25.7. The third-order valence-corrected chi connectivity index (χ3v) is 9.42. The second-order valence-corrected chi connectivity index (χ2v) is 13.3. The lowest BCUT2D eigenvalue weighted by Crippen LogP contribution is -2.39. The molecule has 4 heterocycles. The van der Waals surface area contributed by atoms with E-state index in [1.165, 1.54) is 30.5 Å². The number of pyridine rings is 1. The summed E-state index contributed by atoms with van der Waals surface area (Å²) in [6, 6.07) is 11.2.